The van der Waals surface area contributed by atoms with E-state index in [1.807, 2.05) is 31.3 Å². The van der Waals surface area contributed by atoms with Crippen LogP contribution in [0.15, 0.2) is 24.3 Å². The van der Waals surface area contributed by atoms with Crippen molar-refractivity contribution in [2.24, 2.45) is 0 Å². The van der Waals surface area contributed by atoms with E-state index in [1.165, 1.54) is 5.56 Å². The topological polar surface area (TPSA) is 52.9 Å². The second kappa shape index (κ2) is 8.08. The zero-order chi connectivity index (χ0) is 13.4. The number of hydrogen-bond donors (Lipinski definition) is 2. The molecule has 4 nitrogen and oxygen atoms in total. The molecular formula is C14H23NO3. The number of hydrogen-bond acceptors (Lipinski definition) is 4. The molecule has 1 unspecified atom stereocenters. The standard InChI is InChI=1S/C14H23NO3/c1-15(13(11-17)8-10-16)9-7-12-3-5-14(18-2)6-4-12/h3-6,13,16-17H,7-11H2,1-2H3. The first kappa shape index (κ1) is 15.0. The van der Waals surface area contributed by atoms with Gasteiger partial charge in [-0.25, -0.2) is 0 Å². The molecule has 102 valence electrons. The predicted molar refractivity (Wildman–Crippen MR) is 71.9 cm³/mol. The quantitative estimate of drug-likeness (QED) is 0.723. The number of likely N-dealkylation sites (N-methyl/N-ethyl adjacent to an activating group) is 1. The number of rotatable bonds is 8. The Morgan fingerprint density at radius 2 is 1.89 bits per heavy atom. The molecule has 0 aliphatic rings. The van der Waals surface area contributed by atoms with Crippen molar-refractivity contribution in [3.63, 3.8) is 0 Å². The van der Waals surface area contributed by atoms with Crippen molar-refractivity contribution < 1.29 is 14.9 Å². The van der Waals surface area contributed by atoms with Crippen LogP contribution in [-0.4, -0.2) is 55.1 Å². The number of methoxy groups -OCH3 is 1. The van der Waals surface area contributed by atoms with E-state index < -0.39 is 0 Å². The molecule has 0 saturated heterocycles. The lowest BCUT2D eigenvalue weighted by atomic mass is 10.1. The van der Waals surface area contributed by atoms with Gasteiger partial charge in [0.15, 0.2) is 0 Å². The molecule has 1 aromatic carbocycles. The van der Waals surface area contributed by atoms with Gasteiger partial charge in [0.05, 0.1) is 13.7 Å². The Balaban J connectivity index is 2.42. The van der Waals surface area contributed by atoms with Gasteiger partial charge in [-0.2, -0.15) is 0 Å². The second-order valence-electron chi connectivity index (χ2n) is 4.43. The van der Waals surface area contributed by atoms with Crippen molar-refractivity contribution >= 4 is 0 Å². The molecule has 1 aromatic rings. The summed E-state index contributed by atoms with van der Waals surface area (Å²) in [5.74, 6) is 0.862. The van der Waals surface area contributed by atoms with Crippen LogP contribution in [0.4, 0.5) is 0 Å². The average Bonchev–Trinajstić information content (AvgIpc) is 2.42. The number of ether oxygens (including phenoxy) is 1. The van der Waals surface area contributed by atoms with Crippen LogP contribution >= 0.6 is 0 Å². The zero-order valence-electron chi connectivity index (χ0n) is 11.2. The molecule has 0 spiro atoms. The summed E-state index contributed by atoms with van der Waals surface area (Å²) in [6, 6.07) is 8.03. The van der Waals surface area contributed by atoms with Crippen LogP contribution in [0.25, 0.3) is 0 Å². The minimum atomic E-state index is 0.0354. The van der Waals surface area contributed by atoms with Crippen molar-refractivity contribution in [1.29, 1.82) is 0 Å². The molecule has 1 rings (SSSR count). The summed E-state index contributed by atoms with van der Waals surface area (Å²) in [6.45, 7) is 1.05. The smallest absolute Gasteiger partial charge is 0.118 e. The molecule has 0 aromatic heterocycles. The van der Waals surface area contributed by atoms with Crippen LogP contribution in [0.2, 0.25) is 0 Å². The van der Waals surface area contributed by atoms with E-state index in [1.54, 1.807) is 7.11 Å². The van der Waals surface area contributed by atoms with Crippen LogP contribution in [0, 0.1) is 0 Å². The maximum Gasteiger partial charge on any atom is 0.118 e. The molecule has 2 N–H and O–H groups in total. The lowest BCUT2D eigenvalue weighted by Gasteiger charge is -2.25. The van der Waals surface area contributed by atoms with Gasteiger partial charge in [0.25, 0.3) is 0 Å². The van der Waals surface area contributed by atoms with E-state index in [0.717, 1.165) is 18.7 Å². The number of aliphatic hydroxyl groups is 2. The molecule has 0 saturated carbocycles. The van der Waals surface area contributed by atoms with E-state index >= 15 is 0 Å². The molecule has 0 aliphatic carbocycles. The minimum absolute atomic E-state index is 0.0354. The fraction of sp³-hybridized carbons (Fsp3) is 0.571. The summed E-state index contributed by atoms with van der Waals surface area (Å²) in [5.41, 5.74) is 1.24. The summed E-state index contributed by atoms with van der Waals surface area (Å²) in [7, 11) is 3.63. The second-order valence-corrected chi connectivity index (χ2v) is 4.43. The zero-order valence-corrected chi connectivity index (χ0v) is 11.2. The SMILES string of the molecule is COc1ccc(CCN(C)C(CO)CCO)cc1. The Labute approximate surface area is 109 Å². The Morgan fingerprint density at radius 3 is 2.39 bits per heavy atom. The van der Waals surface area contributed by atoms with Crippen LogP contribution < -0.4 is 4.74 Å². The summed E-state index contributed by atoms with van der Waals surface area (Å²) < 4.78 is 5.11. The number of benzene rings is 1. The van der Waals surface area contributed by atoms with Gasteiger partial charge in [0.2, 0.25) is 0 Å². The van der Waals surface area contributed by atoms with E-state index in [2.05, 4.69) is 4.90 Å². The highest BCUT2D eigenvalue weighted by molar-refractivity contribution is 5.27. The van der Waals surface area contributed by atoms with Gasteiger partial charge in [-0.1, -0.05) is 12.1 Å². The average molecular weight is 253 g/mol. The molecule has 0 radical (unpaired) electrons. The minimum Gasteiger partial charge on any atom is -0.497 e. The third-order valence-corrected chi connectivity index (χ3v) is 3.21. The van der Waals surface area contributed by atoms with Crippen molar-refractivity contribution in [3.8, 4) is 5.75 Å². The van der Waals surface area contributed by atoms with Gasteiger partial charge in [-0.3, -0.25) is 0 Å². The molecule has 0 aliphatic heterocycles. The first-order valence-corrected chi connectivity index (χ1v) is 6.26. The molecule has 4 heteroatoms. The molecular weight excluding hydrogens is 230 g/mol. The van der Waals surface area contributed by atoms with Crippen molar-refractivity contribution in [1.82, 2.24) is 4.90 Å². The van der Waals surface area contributed by atoms with Crippen molar-refractivity contribution in [2.75, 3.05) is 33.9 Å². The van der Waals surface area contributed by atoms with E-state index in [-0.39, 0.29) is 19.3 Å². The summed E-state index contributed by atoms with van der Waals surface area (Å²) in [5, 5.41) is 18.1. The van der Waals surface area contributed by atoms with E-state index in [0.29, 0.717) is 6.42 Å². The highest BCUT2D eigenvalue weighted by atomic mass is 16.5. The Bertz CT molecular complexity index is 326. The van der Waals surface area contributed by atoms with Gasteiger partial charge in [0.1, 0.15) is 5.75 Å². The summed E-state index contributed by atoms with van der Waals surface area (Å²) in [4.78, 5) is 2.08. The lowest BCUT2D eigenvalue weighted by molar-refractivity contribution is 0.120. The number of aliphatic hydroxyl groups excluding tert-OH is 2. The maximum absolute atomic E-state index is 9.22. The molecule has 0 heterocycles. The summed E-state index contributed by atoms with van der Waals surface area (Å²) >= 11 is 0. The van der Waals surface area contributed by atoms with Gasteiger partial charge in [-0.05, 0) is 37.6 Å². The fourth-order valence-electron chi connectivity index (χ4n) is 1.88. The number of nitrogens with zero attached hydrogens (tertiary/aromatic N) is 1. The van der Waals surface area contributed by atoms with Crippen LogP contribution in [-0.2, 0) is 6.42 Å². The summed E-state index contributed by atoms with van der Waals surface area (Å²) in [6.07, 6.45) is 1.53. The largest absolute Gasteiger partial charge is 0.497 e. The van der Waals surface area contributed by atoms with Gasteiger partial charge in [-0.15, -0.1) is 0 Å². The van der Waals surface area contributed by atoms with E-state index in [4.69, 9.17) is 9.84 Å². The Hall–Kier alpha value is -1.10. The fourth-order valence-corrected chi connectivity index (χ4v) is 1.88. The molecule has 1 atom stereocenters. The van der Waals surface area contributed by atoms with Crippen LogP contribution in [0.1, 0.15) is 12.0 Å². The molecule has 0 fully saturated rings. The highest BCUT2D eigenvalue weighted by Crippen LogP contribution is 2.12. The van der Waals surface area contributed by atoms with E-state index in [9.17, 15) is 5.11 Å². The van der Waals surface area contributed by atoms with Crippen LogP contribution in [0.5, 0.6) is 5.75 Å². The van der Waals surface area contributed by atoms with Crippen molar-refractivity contribution in [3.05, 3.63) is 29.8 Å². The Kier molecular flexibility index (Phi) is 6.72. The van der Waals surface area contributed by atoms with Gasteiger partial charge < -0.3 is 19.8 Å². The first-order chi connectivity index (χ1) is 8.71. The first-order valence-electron chi connectivity index (χ1n) is 6.26. The maximum atomic E-state index is 9.22. The third-order valence-electron chi connectivity index (χ3n) is 3.21. The molecule has 0 bridgehead atoms. The monoisotopic (exact) mass is 253 g/mol. The van der Waals surface area contributed by atoms with Crippen molar-refractivity contribution in [2.45, 2.75) is 18.9 Å². The highest BCUT2D eigenvalue weighted by Gasteiger charge is 2.12. The third kappa shape index (κ3) is 4.64. The molecule has 0 amide bonds. The molecule has 18 heavy (non-hydrogen) atoms. The normalized spacial score (nSPS) is 12.7. The Morgan fingerprint density at radius 1 is 1.22 bits per heavy atom. The van der Waals surface area contributed by atoms with Crippen LogP contribution in [0.3, 0.4) is 0 Å². The van der Waals surface area contributed by atoms with Gasteiger partial charge >= 0.3 is 0 Å². The van der Waals surface area contributed by atoms with Gasteiger partial charge in [0, 0.05) is 19.2 Å². The predicted octanol–water partition coefficient (Wildman–Crippen LogP) is 0.913. The lowest BCUT2D eigenvalue weighted by Crippen LogP contribution is -2.36.